The summed E-state index contributed by atoms with van der Waals surface area (Å²) >= 11 is 0. The molecule has 4 rings (SSSR count). The van der Waals surface area contributed by atoms with Gasteiger partial charge in [0.1, 0.15) is 4.90 Å². The van der Waals surface area contributed by atoms with Gasteiger partial charge in [-0.3, -0.25) is 8.99 Å². The van der Waals surface area contributed by atoms with Gasteiger partial charge in [-0.2, -0.15) is 5.10 Å². The van der Waals surface area contributed by atoms with Gasteiger partial charge in [0.15, 0.2) is 11.6 Å². The molecule has 3 aromatic rings. The number of rotatable bonds is 5. The lowest BCUT2D eigenvalue weighted by Gasteiger charge is -2.19. The van der Waals surface area contributed by atoms with Gasteiger partial charge < -0.3 is 4.74 Å². The Morgan fingerprint density at radius 1 is 1.17 bits per heavy atom. The lowest BCUT2D eigenvalue weighted by Crippen LogP contribution is -2.30. The fourth-order valence-electron chi connectivity index (χ4n) is 3.86. The number of halogens is 1. The predicted molar refractivity (Wildman–Crippen MR) is 108 cm³/mol. The van der Waals surface area contributed by atoms with Crippen LogP contribution in [-0.4, -0.2) is 31.9 Å². The molecule has 8 heteroatoms. The van der Waals surface area contributed by atoms with E-state index < -0.39 is 15.8 Å². The minimum Gasteiger partial charge on any atom is -0.494 e. The average molecular weight is 415 g/mol. The first-order chi connectivity index (χ1) is 13.8. The SMILES string of the molecule is COc1ccc(Cn2nc(C)c(S(=O)(=O)N3CCc4ccccc43)c2C)cc1F. The maximum absolute atomic E-state index is 14.0. The number of para-hydroxylation sites is 1. The summed E-state index contributed by atoms with van der Waals surface area (Å²) in [6, 6.07) is 12.2. The first-order valence-electron chi connectivity index (χ1n) is 9.30. The zero-order chi connectivity index (χ0) is 20.8. The van der Waals surface area contributed by atoms with Crippen LogP contribution in [0.4, 0.5) is 10.1 Å². The molecule has 0 bridgehead atoms. The zero-order valence-electron chi connectivity index (χ0n) is 16.5. The second-order valence-corrected chi connectivity index (χ2v) is 8.88. The highest BCUT2D eigenvalue weighted by Crippen LogP contribution is 2.34. The van der Waals surface area contributed by atoms with Crippen molar-refractivity contribution in [3.8, 4) is 5.75 Å². The molecule has 0 radical (unpaired) electrons. The van der Waals surface area contributed by atoms with Crippen molar-refractivity contribution >= 4 is 15.7 Å². The number of hydrogen-bond donors (Lipinski definition) is 0. The Morgan fingerprint density at radius 3 is 2.66 bits per heavy atom. The van der Waals surface area contributed by atoms with Crippen molar-refractivity contribution in [3.63, 3.8) is 0 Å². The number of benzene rings is 2. The largest absolute Gasteiger partial charge is 0.494 e. The number of anilines is 1. The average Bonchev–Trinajstić information content (AvgIpc) is 3.23. The smallest absolute Gasteiger partial charge is 0.268 e. The van der Waals surface area contributed by atoms with E-state index in [-0.39, 0.29) is 17.2 Å². The second-order valence-electron chi connectivity index (χ2n) is 7.08. The molecule has 152 valence electrons. The van der Waals surface area contributed by atoms with Gasteiger partial charge in [0.2, 0.25) is 0 Å². The van der Waals surface area contributed by atoms with Gasteiger partial charge in [-0.25, -0.2) is 12.8 Å². The van der Waals surface area contributed by atoms with Crippen LogP contribution in [0.25, 0.3) is 0 Å². The molecule has 0 N–H and O–H groups in total. The number of ether oxygens (including phenoxy) is 1. The number of methoxy groups -OCH3 is 1. The van der Waals surface area contributed by atoms with Gasteiger partial charge in [-0.1, -0.05) is 24.3 Å². The monoisotopic (exact) mass is 415 g/mol. The third-order valence-electron chi connectivity index (χ3n) is 5.26. The Kier molecular flexibility index (Phi) is 4.82. The minimum atomic E-state index is -3.75. The van der Waals surface area contributed by atoms with Crippen LogP contribution < -0.4 is 9.04 Å². The Bertz CT molecular complexity index is 1190. The molecular formula is C21H22FN3O3S. The van der Waals surface area contributed by atoms with Gasteiger partial charge in [0.05, 0.1) is 30.7 Å². The van der Waals surface area contributed by atoms with E-state index in [1.807, 2.05) is 24.3 Å². The summed E-state index contributed by atoms with van der Waals surface area (Å²) in [5.41, 5.74) is 3.37. The summed E-state index contributed by atoms with van der Waals surface area (Å²) in [6.45, 7) is 4.09. The van der Waals surface area contributed by atoms with Crippen LogP contribution in [0.2, 0.25) is 0 Å². The quantitative estimate of drug-likeness (QED) is 0.640. The van der Waals surface area contributed by atoms with E-state index in [4.69, 9.17) is 4.74 Å². The van der Waals surface area contributed by atoms with Crippen LogP contribution >= 0.6 is 0 Å². The molecule has 1 aromatic heterocycles. The molecule has 0 atom stereocenters. The number of hydrogen-bond acceptors (Lipinski definition) is 4. The molecule has 1 aliphatic heterocycles. The summed E-state index contributed by atoms with van der Waals surface area (Å²) in [6.07, 6.45) is 0.687. The third-order valence-corrected chi connectivity index (χ3v) is 7.32. The van der Waals surface area contributed by atoms with Gasteiger partial charge in [-0.05, 0) is 49.6 Å². The summed E-state index contributed by atoms with van der Waals surface area (Å²) in [7, 11) is -2.34. The fraction of sp³-hybridized carbons (Fsp3) is 0.286. The highest BCUT2D eigenvalue weighted by atomic mass is 32.2. The van der Waals surface area contributed by atoms with E-state index in [1.165, 1.54) is 17.5 Å². The van der Waals surface area contributed by atoms with Gasteiger partial charge in [0.25, 0.3) is 10.0 Å². The standard InChI is InChI=1S/C21H22FN3O3S/c1-14-21(29(26,27)25-11-10-17-6-4-5-7-19(17)25)15(2)24(23-14)13-16-8-9-20(28-3)18(22)12-16/h4-9,12H,10-11,13H2,1-3H3. The molecule has 1 aliphatic rings. The van der Waals surface area contributed by atoms with E-state index in [2.05, 4.69) is 5.10 Å². The number of fused-ring (bicyclic) bond motifs is 1. The lowest BCUT2D eigenvalue weighted by atomic mass is 10.2. The van der Waals surface area contributed by atoms with E-state index in [1.54, 1.807) is 30.7 Å². The molecule has 0 unspecified atom stereocenters. The molecule has 0 aliphatic carbocycles. The van der Waals surface area contributed by atoms with Crippen molar-refractivity contribution in [3.05, 3.63) is 70.8 Å². The molecule has 0 saturated heterocycles. The van der Waals surface area contributed by atoms with Crippen LogP contribution in [0.1, 0.15) is 22.5 Å². The zero-order valence-corrected chi connectivity index (χ0v) is 17.3. The van der Waals surface area contributed by atoms with Crippen molar-refractivity contribution in [1.82, 2.24) is 9.78 Å². The molecule has 0 amide bonds. The molecule has 0 spiro atoms. The Morgan fingerprint density at radius 2 is 1.93 bits per heavy atom. The summed E-state index contributed by atoms with van der Waals surface area (Å²) in [5, 5.41) is 4.43. The van der Waals surface area contributed by atoms with Crippen LogP contribution in [-0.2, 0) is 23.0 Å². The number of aromatic nitrogens is 2. The number of sulfonamides is 1. The minimum absolute atomic E-state index is 0.165. The van der Waals surface area contributed by atoms with Gasteiger partial charge in [-0.15, -0.1) is 0 Å². The first-order valence-corrected chi connectivity index (χ1v) is 10.7. The van der Waals surface area contributed by atoms with Crippen molar-refractivity contribution in [2.75, 3.05) is 18.0 Å². The van der Waals surface area contributed by atoms with E-state index in [0.29, 0.717) is 29.9 Å². The summed E-state index contributed by atoms with van der Waals surface area (Å²) in [4.78, 5) is 0.211. The Hall–Kier alpha value is -2.87. The molecule has 29 heavy (non-hydrogen) atoms. The molecular weight excluding hydrogens is 393 g/mol. The Balaban J connectivity index is 1.70. The third kappa shape index (κ3) is 3.27. The highest BCUT2D eigenvalue weighted by molar-refractivity contribution is 7.93. The molecule has 2 aromatic carbocycles. The fourth-order valence-corrected chi connectivity index (χ4v) is 5.74. The van der Waals surface area contributed by atoms with Crippen molar-refractivity contribution in [1.29, 1.82) is 0 Å². The predicted octanol–water partition coefficient (Wildman–Crippen LogP) is 3.45. The van der Waals surface area contributed by atoms with E-state index in [0.717, 1.165) is 11.3 Å². The molecule has 6 nitrogen and oxygen atoms in total. The topological polar surface area (TPSA) is 64.4 Å². The Labute approximate surface area is 169 Å². The molecule has 0 saturated carbocycles. The van der Waals surface area contributed by atoms with Crippen molar-refractivity contribution < 1.29 is 17.5 Å². The van der Waals surface area contributed by atoms with E-state index in [9.17, 15) is 12.8 Å². The second kappa shape index (κ2) is 7.18. The maximum atomic E-state index is 14.0. The normalized spacial score (nSPS) is 13.6. The van der Waals surface area contributed by atoms with Gasteiger partial charge in [0, 0.05) is 6.54 Å². The number of aryl methyl sites for hydroxylation is 1. The van der Waals surface area contributed by atoms with Crippen LogP contribution in [0, 0.1) is 19.7 Å². The molecule has 2 heterocycles. The summed E-state index contributed by atoms with van der Waals surface area (Å²) in [5.74, 6) is -0.300. The van der Waals surface area contributed by atoms with Crippen LogP contribution in [0.3, 0.4) is 0 Å². The summed E-state index contributed by atoms with van der Waals surface area (Å²) < 4.78 is 48.9. The number of nitrogens with zero attached hydrogens (tertiary/aromatic N) is 3. The van der Waals surface area contributed by atoms with Crippen LogP contribution in [0.15, 0.2) is 47.4 Å². The highest BCUT2D eigenvalue weighted by Gasteiger charge is 2.34. The van der Waals surface area contributed by atoms with E-state index >= 15 is 0 Å². The van der Waals surface area contributed by atoms with Crippen molar-refractivity contribution in [2.45, 2.75) is 31.7 Å². The first kappa shape index (κ1) is 19.4. The van der Waals surface area contributed by atoms with Crippen molar-refractivity contribution in [2.24, 2.45) is 0 Å². The van der Waals surface area contributed by atoms with Gasteiger partial charge >= 0.3 is 0 Å². The molecule has 0 fully saturated rings. The maximum Gasteiger partial charge on any atom is 0.268 e. The van der Waals surface area contributed by atoms with Crippen LogP contribution in [0.5, 0.6) is 5.75 Å². The lowest BCUT2D eigenvalue weighted by molar-refractivity contribution is 0.386.